The zero-order valence-corrected chi connectivity index (χ0v) is 15.8. The number of benzene rings is 2. The smallest absolute Gasteiger partial charge is 0.387 e. The van der Waals surface area contributed by atoms with Crippen LogP contribution < -0.4 is 15.2 Å². The van der Waals surface area contributed by atoms with Crippen LogP contribution in [0.2, 0.25) is 0 Å². The number of nitrogens with two attached hydrogens (primary N) is 1. The first-order chi connectivity index (χ1) is 13.3. The molecule has 1 aliphatic heterocycles. The fourth-order valence-corrected chi connectivity index (χ4v) is 3.26. The SMILES string of the molecule is CCOc1cccc(C2(c3ccc(OC(F)F)c(C)c3)N=C(N)N(C)C2=O)c1. The Morgan fingerprint density at radius 2 is 1.93 bits per heavy atom. The van der Waals surface area contributed by atoms with Crippen LogP contribution in [0.5, 0.6) is 11.5 Å². The molecule has 1 aliphatic rings. The number of aliphatic imine (C=N–C) groups is 1. The molecule has 28 heavy (non-hydrogen) atoms. The predicted molar refractivity (Wildman–Crippen MR) is 101 cm³/mol. The highest BCUT2D eigenvalue weighted by molar-refractivity contribution is 6.09. The van der Waals surface area contributed by atoms with Gasteiger partial charge in [-0.3, -0.25) is 9.69 Å². The van der Waals surface area contributed by atoms with E-state index in [9.17, 15) is 13.6 Å². The number of hydrogen-bond donors (Lipinski definition) is 1. The van der Waals surface area contributed by atoms with Crippen molar-refractivity contribution in [2.24, 2.45) is 10.7 Å². The van der Waals surface area contributed by atoms with Crippen molar-refractivity contribution in [3.05, 3.63) is 59.2 Å². The molecule has 1 unspecified atom stereocenters. The third kappa shape index (κ3) is 3.26. The Hall–Kier alpha value is -3.16. The van der Waals surface area contributed by atoms with Crippen LogP contribution in [-0.4, -0.2) is 37.0 Å². The lowest BCUT2D eigenvalue weighted by Gasteiger charge is -2.27. The van der Waals surface area contributed by atoms with Gasteiger partial charge in [0.15, 0.2) is 11.5 Å². The maximum absolute atomic E-state index is 13.2. The number of hydrogen-bond acceptors (Lipinski definition) is 5. The van der Waals surface area contributed by atoms with Gasteiger partial charge in [-0.1, -0.05) is 18.2 Å². The first-order valence-electron chi connectivity index (χ1n) is 8.72. The normalized spacial score (nSPS) is 19.1. The Balaban J connectivity index is 2.18. The van der Waals surface area contributed by atoms with Crippen molar-refractivity contribution in [3.63, 3.8) is 0 Å². The zero-order valence-electron chi connectivity index (χ0n) is 15.8. The highest BCUT2D eigenvalue weighted by atomic mass is 19.3. The van der Waals surface area contributed by atoms with E-state index in [4.69, 9.17) is 10.5 Å². The average Bonchev–Trinajstić information content (AvgIpc) is 2.88. The number of ether oxygens (including phenoxy) is 2. The first kappa shape index (κ1) is 19.6. The number of alkyl halides is 2. The summed E-state index contributed by atoms with van der Waals surface area (Å²) in [5, 5.41) is 0. The molecule has 0 bridgehead atoms. The molecule has 0 spiro atoms. The summed E-state index contributed by atoms with van der Waals surface area (Å²) in [5.41, 5.74) is 6.04. The van der Waals surface area contributed by atoms with Crippen LogP contribution in [-0.2, 0) is 10.3 Å². The molecule has 0 saturated heterocycles. The van der Waals surface area contributed by atoms with Crippen molar-refractivity contribution in [2.75, 3.05) is 13.7 Å². The lowest BCUT2D eigenvalue weighted by Crippen LogP contribution is -2.41. The summed E-state index contributed by atoms with van der Waals surface area (Å²) in [4.78, 5) is 19.0. The van der Waals surface area contributed by atoms with E-state index in [0.717, 1.165) is 0 Å². The highest BCUT2D eigenvalue weighted by Gasteiger charge is 2.49. The van der Waals surface area contributed by atoms with Crippen LogP contribution in [0.4, 0.5) is 8.78 Å². The number of carbonyl (C=O) groups excluding carboxylic acids is 1. The molecule has 0 saturated carbocycles. The molecule has 1 heterocycles. The Kier molecular flexibility index (Phi) is 5.22. The molecule has 2 aromatic rings. The molecule has 3 rings (SSSR count). The second kappa shape index (κ2) is 7.46. The van der Waals surface area contributed by atoms with Crippen LogP contribution in [0.1, 0.15) is 23.6 Å². The van der Waals surface area contributed by atoms with Crippen molar-refractivity contribution in [2.45, 2.75) is 26.0 Å². The highest BCUT2D eigenvalue weighted by Crippen LogP contribution is 2.41. The van der Waals surface area contributed by atoms with Crippen LogP contribution in [0.3, 0.4) is 0 Å². The third-order valence-electron chi connectivity index (χ3n) is 4.61. The second-order valence-electron chi connectivity index (χ2n) is 6.36. The van der Waals surface area contributed by atoms with Gasteiger partial charge < -0.3 is 15.2 Å². The van der Waals surface area contributed by atoms with Crippen LogP contribution >= 0.6 is 0 Å². The Labute approximate surface area is 161 Å². The minimum atomic E-state index is -2.94. The van der Waals surface area contributed by atoms with Gasteiger partial charge in [0.05, 0.1) is 6.61 Å². The van der Waals surface area contributed by atoms with E-state index >= 15 is 0 Å². The number of aryl methyl sites for hydroxylation is 1. The zero-order chi connectivity index (χ0) is 20.5. The average molecular weight is 389 g/mol. The number of nitrogens with zero attached hydrogens (tertiary/aromatic N) is 2. The van der Waals surface area contributed by atoms with Gasteiger partial charge in [-0.2, -0.15) is 8.78 Å². The van der Waals surface area contributed by atoms with Crippen molar-refractivity contribution in [3.8, 4) is 11.5 Å². The number of carbonyl (C=O) groups is 1. The lowest BCUT2D eigenvalue weighted by atomic mass is 9.82. The van der Waals surface area contributed by atoms with Gasteiger partial charge in [0.1, 0.15) is 11.5 Å². The van der Waals surface area contributed by atoms with E-state index < -0.39 is 12.2 Å². The summed E-state index contributed by atoms with van der Waals surface area (Å²) in [6, 6.07) is 11.6. The summed E-state index contributed by atoms with van der Waals surface area (Å²) < 4.78 is 35.2. The number of rotatable bonds is 6. The number of guanidine groups is 1. The lowest BCUT2D eigenvalue weighted by molar-refractivity contribution is -0.129. The first-order valence-corrected chi connectivity index (χ1v) is 8.72. The summed E-state index contributed by atoms with van der Waals surface area (Å²) in [6.07, 6.45) is 0. The Bertz CT molecular complexity index is 933. The molecule has 0 radical (unpaired) electrons. The van der Waals surface area contributed by atoms with E-state index in [-0.39, 0.29) is 17.6 Å². The number of likely N-dealkylation sites (N-methyl/N-ethyl adjacent to an activating group) is 1. The van der Waals surface area contributed by atoms with E-state index in [2.05, 4.69) is 9.73 Å². The standard InChI is InChI=1S/C20H21F2N3O3/c1-4-27-15-7-5-6-13(11-15)20(17(26)25(3)19(23)24-20)14-8-9-16(12(2)10-14)28-18(21)22/h5-11,18H,4H2,1-3H3,(H2,23,24). The Morgan fingerprint density at radius 3 is 2.50 bits per heavy atom. The van der Waals surface area contributed by atoms with E-state index in [1.54, 1.807) is 43.3 Å². The summed E-state index contributed by atoms with van der Waals surface area (Å²) >= 11 is 0. The Morgan fingerprint density at radius 1 is 1.21 bits per heavy atom. The second-order valence-corrected chi connectivity index (χ2v) is 6.36. The van der Waals surface area contributed by atoms with Crippen LogP contribution in [0.15, 0.2) is 47.5 Å². The van der Waals surface area contributed by atoms with Crippen molar-refractivity contribution in [1.29, 1.82) is 0 Å². The van der Waals surface area contributed by atoms with Gasteiger partial charge in [0, 0.05) is 7.05 Å². The molecular weight excluding hydrogens is 368 g/mol. The summed E-state index contributed by atoms with van der Waals surface area (Å²) in [6.45, 7) is 1.02. The monoisotopic (exact) mass is 389 g/mol. The fraction of sp³-hybridized carbons (Fsp3) is 0.300. The third-order valence-corrected chi connectivity index (χ3v) is 4.61. The molecule has 2 N–H and O–H groups in total. The van der Waals surface area contributed by atoms with Gasteiger partial charge in [-0.15, -0.1) is 0 Å². The minimum Gasteiger partial charge on any atom is -0.494 e. The van der Waals surface area contributed by atoms with Gasteiger partial charge in [0.25, 0.3) is 5.91 Å². The quantitative estimate of drug-likeness (QED) is 0.824. The summed E-state index contributed by atoms with van der Waals surface area (Å²) in [5.74, 6) is 0.343. The molecule has 148 valence electrons. The van der Waals surface area contributed by atoms with Crippen molar-refractivity contribution >= 4 is 11.9 Å². The molecular formula is C20H21F2N3O3. The maximum Gasteiger partial charge on any atom is 0.387 e. The van der Waals surface area contributed by atoms with E-state index in [0.29, 0.717) is 29.0 Å². The van der Waals surface area contributed by atoms with Crippen molar-refractivity contribution < 1.29 is 23.0 Å². The number of halogens is 2. The van der Waals surface area contributed by atoms with E-state index in [1.165, 1.54) is 18.0 Å². The van der Waals surface area contributed by atoms with Gasteiger partial charge in [0.2, 0.25) is 0 Å². The molecule has 2 aromatic carbocycles. The maximum atomic E-state index is 13.2. The molecule has 0 aliphatic carbocycles. The molecule has 1 amide bonds. The topological polar surface area (TPSA) is 77.2 Å². The molecule has 0 aromatic heterocycles. The van der Waals surface area contributed by atoms with E-state index in [1.807, 2.05) is 6.92 Å². The molecule has 0 fully saturated rings. The molecule has 6 nitrogen and oxygen atoms in total. The van der Waals surface area contributed by atoms with Crippen LogP contribution in [0, 0.1) is 6.92 Å². The number of amides is 1. The van der Waals surface area contributed by atoms with Crippen LogP contribution in [0.25, 0.3) is 0 Å². The van der Waals surface area contributed by atoms with Gasteiger partial charge in [-0.25, -0.2) is 4.99 Å². The molecule has 1 atom stereocenters. The van der Waals surface area contributed by atoms with Crippen molar-refractivity contribution in [1.82, 2.24) is 4.90 Å². The fourth-order valence-electron chi connectivity index (χ4n) is 3.26. The molecule has 8 heteroatoms. The van der Waals surface area contributed by atoms with Gasteiger partial charge in [-0.05, 0) is 54.8 Å². The predicted octanol–water partition coefficient (Wildman–Crippen LogP) is 3.03. The summed E-state index contributed by atoms with van der Waals surface area (Å²) in [7, 11) is 1.54. The minimum absolute atomic E-state index is 0.0349. The van der Waals surface area contributed by atoms with Gasteiger partial charge >= 0.3 is 6.61 Å². The largest absolute Gasteiger partial charge is 0.494 e.